The van der Waals surface area contributed by atoms with Gasteiger partial charge in [-0.3, -0.25) is 0 Å². The van der Waals surface area contributed by atoms with Crippen LogP contribution >= 0.6 is 0 Å². The predicted molar refractivity (Wildman–Crippen MR) is 118 cm³/mol. The highest BCUT2D eigenvalue weighted by molar-refractivity contribution is 5.79. The third-order valence-corrected chi connectivity index (χ3v) is 4.83. The maximum Gasteiger partial charge on any atom is 0.586 e. The fourth-order valence-electron chi connectivity index (χ4n) is 3.45. The Morgan fingerprint density at radius 3 is 2.12 bits per heavy atom. The summed E-state index contributed by atoms with van der Waals surface area (Å²) in [6, 6.07) is 11.7. The molecule has 0 radical (unpaired) electrons. The van der Waals surface area contributed by atoms with Crippen molar-refractivity contribution in [1.29, 1.82) is 0 Å². The summed E-state index contributed by atoms with van der Waals surface area (Å²) in [7, 11) is 0. The van der Waals surface area contributed by atoms with Crippen molar-refractivity contribution in [3.8, 4) is 22.6 Å². The predicted octanol–water partition coefficient (Wildman–Crippen LogP) is 7.68. The Morgan fingerprint density at radius 2 is 1.50 bits per heavy atom. The van der Waals surface area contributed by atoms with E-state index < -0.39 is 17.9 Å². The lowest BCUT2D eigenvalue weighted by atomic mass is 9.98. The van der Waals surface area contributed by atoms with Crippen molar-refractivity contribution < 1.29 is 27.0 Å². The molecule has 0 bridgehead atoms. The quantitative estimate of drug-likeness (QED) is 0.418. The lowest BCUT2D eigenvalue weighted by Crippen LogP contribution is -2.25. The largest absolute Gasteiger partial charge is 0.586 e. The molecule has 0 atom stereocenters. The number of ether oxygens (including phenoxy) is 2. The van der Waals surface area contributed by atoms with E-state index in [0.717, 1.165) is 0 Å². The summed E-state index contributed by atoms with van der Waals surface area (Å²) in [5.74, 6) is -1.29. The summed E-state index contributed by atoms with van der Waals surface area (Å²) in [6.07, 6.45) is -3.75. The van der Waals surface area contributed by atoms with Gasteiger partial charge in [0.1, 0.15) is 11.6 Å². The molecule has 0 fully saturated rings. The van der Waals surface area contributed by atoms with Crippen molar-refractivity contribution in [3.63, 3.8) is 0 Å². The summed E-state index contributed by atoms with van der Waals surface area (Å²) >= 11 is 0. The van der Waals surface area contributed by atoms with Crippen LogP contribution < -0.4 is 14.8 Å². The highest BCUT2D eigenvalue weighted by atomic mass is 19.3. The summed E-state index contributed by atoms with van der Waals surface area (Å²) < 4.78 is 64.5. The van der Waals surface area contributed by atoms with Crippen LogP contribution in [0.25, 0.3) is 16.8 Å². The molecule has 32 heavy (non-hydrogen) atoms. The minimum absolute atomic E-state index is 0.100. The molecule has 1 aliphatic heterocycles. The van der Waals surface area contributed by atoms with Crippen molar-refractivity contribution >= 4 is 11.4 Å². The zero-order valence-corrected chi connectivity index (χ0v) is 18.2. The van der Waals surface area contributed by atoms with Crippen LogP contribution in [0.3, 0.4) is 0 Å². The van der Waals surface area contributed by atoms with E-state index in [0.29, 0.717) is 33.6 Å². The Kier molecular flexibility index (Phi) is 6.48. The van der Waals surface area contributed by atoms with Crippen LogP contribution in [0.4, 0.5) is 23.2 Å². The minimum atomic E-state index is -3.75. The van der Waals surface area contributed by atoms with Crippen LogP contribution in [-0.4, -0.2) is 6.29 Å². The third kappa shape index (κ3) is 4.56. The van der Waals surface area contributed by atoms with Crippen molar-refractivity contribution in [2.75, 3.05) is 5.32 Å². The fourth-order valence-corrected chi connectivity index (χ4v) is 3.45. The first-order chi connectivity index (χ1) is 15.1. The van der Waals surface area contributed by atoms with Crippen LogP contribution in [0.15, 0.2) is 55.1 Å². The van der Waals surface area contributed by atoms with Gasteiger partial charge in [-0.15, -0.1) is 8.78 Å². The zero-order chi connectivity index (χ0) is 23.6. The van der Waals surface area contributed by atoms with Gasteiger partial charge in [0.25, 0.3) is 0 Å². The number of rotatable bonds is 4. The number of alkyl halides is 2. The van der Waals surface area contributed by atoms with Crippen LogP contribution in [0.1, 0.15) is 30.5 Å². The van der Waals surface area contributed by atoms with Gasteiger partial charge in [-0.1, -0.05) is 32.6 Å². The number of halogens is 4. The molecule has 0 spiro atoms. The molecular formula is C25H23F4NO2. The molecule has 168 valence electrons. The Labute approximate surface area is 184 Å². The first-order valence-corrected chi connectivity index (χ1v) is 10.1. The molecule has 0 amide bonds. The van der Waals surface area contributed by atoms with Gasteiger partial charge in [0.05, 0.1) is 0 Å². The molecule has 0 unspecified atom stereocenters. The molecule has 0 saturated heterocycles. The molecule has 3 aromatic carbocycles. The molecule has 3 aromatic rings. The average Bonchev–Trinajstić information content (AvgIpc) is 3.02. The number of hydrogen-bond donors (Lipinski definition) is 1. The topological polar surface area (TPSA) is 30.5 Å². The monoisotopic (exact) mass is 445 g/mol. The number of fused-ring (bicyclic) bond motifs is 1. The molecule has 1 heterocycles. The first-order valence-electron chi connectivity index (χ1n) is 10.1. The lowest BCUT2D eigenvalue weighted by Gasteiger charge is -2.15. The second-order valence-electron chi connectivity index (χ2n) is 7.01. The fraction of sp³-hybridized carbons (Fsp3) is 0.200. The Bertz CT molecular complexity index is 1150. The number of anilines is 1. The van der Waals surface area contributed by atoms with Crippen molar-refractivity contribution in [3.05, 3.63) is 83.4 Å². The van der Waals surface area contributed by atoms with Gasteiger partial charge in [-0.25, -0.2) is 8.78 Å². The van der Waals surface area contributed by atoms with Gasteiger partial charge >= 0.3 is 6.29 Å². The second kappa shape index (κ2) is 8.94. The Balaban J connectivity index is 0.00000141. The smallest absolute Gasteiger partial charge is 0.395 e. The van der Waals surface area contributed by atoms with E-state index in [-0.39, 0.29) is 17.1 Å². The summed E-state index contributed by atoms with van der Waals surface area (Å²) in [5, 5.41) is 2.91. The second-order valence-corrected chi connectivity index (χ2v) is 7.01. The summed E-state index contributed by atoms with van der Waals surface area (Å²) in [5.41, 5.74) is 2.80. The third-order valence-electron chi connectivity index (χ3n) is 4.83. The lowest BCUT2D eigenvalue weighted by molar-refractivity contribution is -0.286. The molecule has 1 N–H and O–H groups in total. The van der Waals surface area contributed by atoms with Crippen LogP contribution in [0.5, 0.6) is 11.5 Å². The Hall–Kier alpha value is -3.48. The van der Waals surface area contributed by atoms with E-state index in [9.17, 15) is 17.6 Å². The van der Waals surface area contributed by atoms with Crippen molar-refractivity contribution in [1.82, 2.24) is 0 Å². The number of nitrogens with one attached hydrogen (secondary N) is 1. The summed E-state index contributed by atoms with van der Waals surface area (Å²) in [4.78, 5) is 0. The van der Waals surface area contributed by atoms with E-state index in [1.54, 1.807) is 32.0 Å². The van der Waals surface area contributed by atoms with Gasteiger partial charge in [-0.05, 0) is 66.9 Å². The maximum absolute atomic E-state index is 14.9. The van der Waals surface area contributed by atoms with E-state index in [1.807, 2.05) is 13.8 Å². The van der Waals surface area contributed by atoms with Crippen LogP contribution in [0, 0.1) is 25.5 Å². The SMILES string of the molecule is C=C(Nc1ccc(-c2cc3c(cc2C)OC(F)(F)O3)c(F)c1)c1c(C)cccc1F.CC. The standard InChI is InChI=1S/C23H17F4NO2.C2H6/c1-12-5-4-6-18(24)22(12)14(3)28-15-7-8-16(19(25)10-15)17-11-21-20(9-13(17)2)29-23(26,27)30-21;1-2/h4-11,28H,3H2,1-2H3;1-2H3. The molecule has 3 nitrogen and oxygen atoms in total. The maximum atomic E-state index is 14.9. The molecule has 1 aliphatic rings. The van der Waals surface area contributed by atoms with Crippen molar-refractivity contribution in [2.24, 2.45) is 0 Å². The number of aryl methyl sites for hydroxylation is 2. The molecule has 0 aromatic heterocycles. The van der Waals surface area contributed by atoms with Gasteiger partial charge < -0.3 is 14.8 Å². The van der Waals surface area contributed by atoms with Gasteiger partial charge in [0.15, 0.2) is 11.5 Å². The van der Waals surface area contributed by atoms with E-state index in [4.69, 9.17) is 0 Å². The van der Waals surface area contributed by atoms with Crippen LogP contribution in [-0.2, 0) is 0 Å². The van der Waals surface area contributed by atoms with Crippen LogP contribution in [0.2, 0.25) is 0 Å². The molecular weight excluding hydrogens is 422 g/mol. The van der Waals surface area contributed by atoms with Gasteiger partial charge in [-0.2, -0.15) is 0 Å². The van der Waals surface area contributed by atoms with Gasteiger partial charge in [0, 0.05) is 22.5 Å². The van der Waals surface area contributed by atoms with E-state index in [1.165, 1.54) is 30.3 Å². The van der Waals surface area contributed by atoms with Crippen molar-refractivity contribution in [2.45, 2.75) is 34.0 Å². The zero-order valence-electron chi connectivity index (χ0n) is 18.2. The Morgan fingerprint density at radius 1 is 0.844 bits per heavy atom. The highest BCUT2D eigenvalue weighted by Crippen LogP contribution is 2.45. The number of hydrogen-bond acceptors (Lipinski definition) is 3. The first kappa shape index (κ1) is 23.2. The molecule has 7 heteroatoms. The van der Waals surface area contributed by atoms with Gasteiger partial charge in [0.2, 0.25) is 0 Å². The molecule has 0 aliphatic carbocycles. The minimum Gasteiger partial charge on any atom is -0.395 e. The normalized spacial score (nSPS) is 13.2. The number of benzene rings is 3. The molecule has 4 rings (SSSR count). The average molecular weight is 445 g/mol. The van der Waals surface area contributed by atoms with E-state index in [2.05, 4.69) is 21.4 Å². The van der Waals surface area contributed by atoms with E-state index >= 15 is 0 Å². The molecule has 0 saturated carbocycles. The highest BCUT2D eigenvalue weighted by Gasteiger charge is 2.43. The summed E-state index contributed by atoms with van der Waals surface area (Å²) in [6.45, 7) is 11.3.